The fraction of sp³-hybridized carbons (Fsp3) is 0.385. The van der Waals surface area contributed by atoms with E-state index in [1.807, 2.05) is 35.5 Å². The maximum Gasteiger partial charge on any atom is 0.232 e. The minimum atomic E-state index is 0.493. The average molecular weight is 498 g/mol. The average Bonchev–Trinajstić information content (AvgIpc) is 3.62. The Morgan fingerprint density at radius 3 is 2.41 bits per heavy atom. The van der Waals surface area contributed by atoms with Crippen molar-refractivity contribution in [3.63, 3.8) is 0 Å². The fourth-order valence-corrected chi connectivity index (χ4v) is 4.84. The number of hydrogen-bond donors (Lipinski definition) is 2. The zero-order valence-corrected chi connectivity index (χ0v) is 20.7. The van der Waals surface area contributed by atoms with Crippen molar-refractivity contribution in [1.29, 1.82) is 0 Å². The number of hydrogen-bond acceptors (Lipinski definition) is 10. The molecule has 3 aromatic heterocycles. The van der Waals surface area contributed by atoms with Crippen LogP contribution in [-0.2, 0) is 13.0 Å². The van der Waals surface area contributed by atoms with Gasteiger partial charge >= 0.3 is 0 Å². The number of benzene rings is 1. The second-order valence-corrected chi connectivity index (χ2v) is 9.51. The SMILES string of the molecule is c1ccc(Cc2cnc(N3CCN(c4ncnc(Nc5cnn(CC6CCCN6)c5)n4)CC3)nc2)cc1. The lowest BCUT2D eigenvalue weighted by atomic mass is 10.1. The molecule has 0 radical (unpaired) electrons. The van der Waals surface area contributed by atoms with E-state index in [0.29, 0.717) is 17.9 Å². The van der Waals surface area contributed by atoms with Crippen LogP contribution >= 0.6 is 0 Å². The maximum atomic E-state index is 4.65. The Labute approximate surface area is 216 Å². The highest BCUT2D eigenvalue weighted by Gasteiger charge is 2.21. The van der Waals surface area contributed by atoms with Gasteiger partial charge in [0.15, 0.2) is 0 Å². The van der Waals surface area contributed by atoms with Gasteiger partial charge in [0.1, 0.15) is 6.33 Å². The van der Waals surface area contributed by atoms with E-state index in [0.717, 1.165) is 62.9 Å². The summed E-state index contributed by atoms with van der Waals surface area (Å²) in [5.74, 6) is 1.95. The zero-order valence-electron chi connectivity index (χ0n) is 20.7. The van der Waals surface area contributed by atoms with Gasteiger partial charge in [0.05, 0.1) is 18.4 Å². The van der Waals surface area contributed by atoms with Crippen molar-refractivity contribution in [3.05, 3.63) is 72.6 Å². The lowest BCUT2D eigenvalue weighted by Gasteiger charge is -2.34. The Hall–Kier alpha value is -4.12. The number of rotatable bonds is 8. The molecule has 2 N–H and O–H groups in total. The van der Waals surface area contributed by atoms with Gasteiger partial charge in [-0.3, -0.25) is 4.68 Å². The summed E-state index contributed by atoms with van der Waals surface area (Å²) in [5.41, 5.74) is 3.24. The normalized spacial score (nSPS) is 17.8. The Kier molecular flexibility index (Phi) is 6.84. The lowest BCUT2D eigenvalue weighted by molar-refractivity contribution is 0.476. The van der Waals surface area contributed by atoms with Crippen molar-refractivity contribution in [1.82, 2.24) is 40.0 Å². The van der Waals surface area contributed by atoms with Gasteiger partial charge in [-0.25, -0.2) is 19.9 Å². The van der Waals surface area contributed by atoms with Crippen molar-refractivity contribution in [2.24, 2.45) is 0 Å². The fourth-order valence-electron chi connectivity index (χ4n) is 4.84. The molecule has 1 atom stereocenters. The standard InChI is InChI=1S/C26H31N11/c1-2-5-20(6-3-1)13-21-14-28-25(29-15-21)35-9-11-36(12-10-35)26-31-19-30-24(34-26)33-23-16-32-37(18-23)17-22-7-4-8-27-22/h1-3,5-6,14-16,18-19,22,27H,4,7-13,17H2,(H,30,31,33,34). The quantitative estimate of drug-likeness (QED) is 0.376. The summed E-state index contributed by atoms with van der Waals surface area (Å²) >= 11 is 0. The molecule has 5 heterocycles. The summed E-state index contributed by atoms with van der Waals surface area (Å²) in [6.07, 6.45) is 12.5. The highest BCUT2D eigenvalue weighted by molar-refractivity contribution is 5.51. The van der Waals surface area contributed by atoms with E-state index >= 15 is 0 Å². The topological polar surface area (TPSA) is 113 Å². The predicted molar refractivity (Wildman–Crippen MR) is 142 cm³/mol. The Balaban J connectivity index is 1.03. The largest absolute Gasteiger partial charge is 0.337 e. The van der Waals surface area contributed by atoms with Gasteiger partial charge in [0.25, 0.3) is 0 Å². The molecule has 0 aliphatic carbocycles. The number of aromatic nitrogens is 7. The molecule has 2 fully saturated rings. The number of nitrogens with zero attached hydrogens (tertiary/aromatic N) is 9. The van der Waals surface area contributed by atoms with Crippen molar-refractivity contribution < 1.29 is 0 Å². The summed E-state index contributed by atoms with van der Waals surface area (Å²) in [4.78, 5) is 27.0. The summed E-state index contributed by atoms with van der Waals surface area (Å²) < 4.78 is 1.96. The number of piperazine rings is 1. The van der Waals surface area contributed by atoms with Crippen LogP contribution in [0.2, 0.25) is 0 Å². The van der Waals surface area contributed by atoms with Gasteiger partial charge in [0, 0.05) is 57.2 Å². The van der Waals surface area contributed by atoms with Crippen LogP contribution in [0.5, 0.6) is 0 Å². The number of anilines is 4. The third kappa shape index (κ3) is 5.83. The molecule has 2 aliphatic rings. The Morgan fingerprint density at radius 2 is 1.65 bits per heavy atom. The van der Waals surface area contributed by atoms with Crippen LogP contribution in [0.1, 0.15) is 24.0 Å². The van der Waals surface area contributed by atoms with Gasteiger partial charge in [-0.2, -0.15) is 10.1 Å². The third-order valence-electron chi connectivity index (χ3n) is 6.81. The van der Waals surface area contributed by atoms with Crippen LogP contribution in [0, 0.1) is 0 Å². The summed E-state index contributed by atoms with van der Waals surface area (Å²) in [6.45, 7) is 5.12. The van der Waals surface area contributed by atoms with E-state index in [9.17, 15) is 0 Å². The van der Waals surface area contributed by atoms with Crippen molar-refractivity contribution in [2.45, 2.75) is 31.8 Å². The Bertz CT molecular complexity index is 1280. The monoisotopic (exact) mass is 497 g/mol. The van der Waals surface area contributed by atoms with Crippen molar-refractivity contribution in [3.8, 4) is 0 Å². The van der Waals surface area contributed by atoms with Gasteiger partial charge in [0.2, 0.25) is 17.8 Å². The maximum absolute atomic E-state index is 4.65. The van der Waals surface area contributed by atoms with Crippen LogP contribution in [0.3, 0.4) is 0 Å². The van der Waals surface area contributed by atoms with Crippen molar-refractivity contribution >= 4 is 23.5 Å². The zero-order chi connectivity index (χ0) is 24.9. The van der Waals surface area contributed by atoms with E-state index in [4.69, 9.17) is 0 Å². The second-order valence-electron chi connectivity index (χ2n) is 9.51. The molecule has 11 nitrogen and oxygen atoms in total. The predicted octanol–water partition coefficient (Wildman–Crippen LogP) is 2.27. The van der Waals surface area contributed by atoms with Gasteiger partial charge in [-0.05, 0) is 30.5 Å². The molecule has 1 aromatic carbocycles. The molecule has 190 valence electrons. The molecule has 6 rings (SSSR count). The first-order valence-corrected chi connectivity index (χ1v) is 12.9. The first kappa shape index (κ1) is 23.3. The highest BCUT2D eigenvalue weighted by atomic mass is 15.4. The molecule has 2 aliphatic heterocycles. The molecule has 37 heavy (non-hydrogen) atoms. The first-order chi connectivity index (χ1) is 18.3. The van der Waals surface area contributed by atoms with Gasteiger partial charge < -0.3 is 20.4 Å². The lowest BCUT2D eigenvalue weighted by Crippen LogP contribution is -2.47. The third-order valence-corrected chi connectivity index (χ3v) is 6.81. The van der Waals surface area contributed by atoms with Crippen molar-refractivity contribution in [2.75, 3.05) is 47.8 Å². The molecular formula is C26H31N11. The van der Waals surface area contributed by atoms with E-state index in [2.05, 4.69) is 74.7 Å². The molecular weight excluding hydrogens is 466 g/mol. The first-order valence-electron chi connectivity index (χ1n) is 12.9. The molecule has 1 unspecified atom stereocenters. The van der Waals surface area contributed by atoms with Crippen LogP contribution in [0.25, 0.3) is 0 Å². The summed E-state index contributed by atoms with van der Waals surface area (Å²) in [6, 6.07) is 10.9. The van der Waals surface area contributed by atoms with E-state index in [1.54, 1.807) is 6.33 Å². The molecule has 0 saturated carbocycles. The Morgan fingerprint density at radius 1 is 0.865 bits per heavy atom. The van der Waals surface area contributed by atoms with Crippen LogP contribution in [0.4, 0.5) is 23.5 Å². The van der Waals surface area contributed by atoms with Crippen LogP contribution in [0.15, 0.2) is 61.4 Å². The molecule has 0 bridgehead atoms. The van der Waals surface area contributed by atoms with Gasteiger partial charge in [-0.15, -0.1) is 0 Å². The second kappa shape index (κ2) is 10.9. The molecule has 0 amide bonds. The molecule has 4 aromatic rings. The summed E-state index contributed by atoms with van der Waals surface area (Å²) in [7, 11) is 0. The minimum Gasteiger partial charge on any atom is -0.337 e. The van der Waals surface area contributed by atoms with E-state index in [-0.39, 0.29) is 0 Å². The number of nitrogens with one attached hydrogen (secondary N) is 2. The van der Waals surface area contributed by atoms with Crippen LogP contribution < -0.4 is 20.4 Å². The molecule has 2 saturated heterocycles. The highest BCUT2D eigenvalue weighted by Crippen LogP contribution is 2.18. The van der Waals surface area contributed by atoms with Crippen LogP contribution in [-0.4, -0.2) is 73.5 Å². The smallest absolute Gasteiger partial charge is 0.232 e. The van der Waals surface area contributed by atoms with E-state index < -0.39 is 0 Å². The molecule has 0 spiro atoms. The summed E-state index contributed by atoms with van der Waals surface area (Å²) in [5, 5.41) is 11.2. The molecule has 11 heteroatoms. The van der Waals surface area contributed by atoms with Gasteiger partial charge in [-0.1, -0.05) is 30.3 Å². The minimum absolute atomic E-state index is 0.493. The van der Waals surface area contributed by atoms with E-state index in [1.165, 1.54) is 18.4 Å².